The zero-order chi connectivity index (χ0) is 21.6. The highest BCUT2D eigenvalue weighted by atomic mass is 32.2. The molecule has 7 nitrogen and oxygen atoms in total. The Balaban J connectivity index is 1.54. The lowest BCUT2D eigenvalue weighted by Crippen LogP contribution is -2.27. The van der Waals surface area contributed by atoms with Gasteiger partial charge in [0.1, 0.15) is 0 Å². The summed E-state index contributed by atoms with van der Waals surface area (Å²) in [6.45, 7) is 5.89. The molecular weight excluding hydrogens is 412 g/mol. The Bertz CT molecular complexity index is 1260. The summed E-state index contributed by atoms with van der Waals surface area (Å²) < 4.78 is 28.4. The van der Waals surface area contributed by atoms with Gasteiger partial charge >= 0.3 is 0 Å². The third-order valence-electron chi connectivity index (χ3n) is 6.23. The lowest BCUT2D eigenvalue weighted by Gasteiger charge is -2.22. The van der Waals surface area contributed by atoms with Gasteiger partial charge in [0.2, 0.25) is 5.91 Å². The van der Waals surface area contributed by atoms with E-state index < -0.39 is 10.0 Å². The van der Waals surface area contributed by atoms with Crippen LogP contribution in [-0.2, 0) is 21.2 Å². The summed E-state index contributed by atoms with van der Waals surface area (Å²) in [7, 11) is -3.75. The van der Waals surface area contributed by atoms with Crippen LogP contribution >= 0.6 is 0 Å². The van der Waals surface area contributed by atoms with Crippen molar-refractivity contribution in [1.29, 1.82) is 0 Å². The van der Waals surface area contributed by atoms with E-state index >= 15 is 0 Å². The van der Waals surface area contributed by atoms with Gasteiger partial charge in [-0.05, 0) is 61.3 Å². The van der Waals surface area contributed by atoms with Crippen LogP contribution in [0.2, 0.25) is 0 Å². The second kappa shape index (κ2) is 7.69. The van der Waals surface area contributed by atoms with Crippen molar-refractivity contribution in [2.45, 2.75) is 24.7 Å². The average molecular weight is 439 g/mol. The number of carbonyl (C=O) groups is 1. The quantitative estimate of drug-likeness (QED) is 0.680. The number of benzene rings is 2. The summed E-state index contributed by atoms with van der Waals surface area (Å²) in [4.78, 5) is 16.0. The molecule has 8 heteroatoms. The number of fused-ring (bicyclic) bond motifs is 2. The highest BCUT2D eigenvalue weighted by Crippen LogP contribution is 2.32. The van der Waals surface area contributed by atoms with Crippen LogP contribution in [0.3, 0.4) is 0 Å². The van der Waals surface area contributed by atoms with E-state index in [9.17, 15) is 13.2 Å². The van der Waals surface area contributed by atoms with Crippen molar-refractivity contribution < 1.29 is 13.2 Å². The van der Waals surface area contributed by atoms with Crippen LogP contribution < -0.4 is 15.1 Å². The average Bonchev–Trinajstić information content (AvgIpc) is 3.28. The van der Waals surface area contributed by atoms with Gasteiger partial charge in [-0.1, -0.05) is 6.07 Å². The molecule has 1 aromatic heterocycles. The number of nitrogens with zero attached hydrogens (tertiary/aromatic N) is 3. The number of hydrogen-bond donors (Lipinski definition) is 1. The van der Waals surface area contributed by atoms with E-state index in [0.29, 0.717) is 18.5 Å². The highest BCUT2D eigenvalue weighted by Gasteiger charge is 2.26. The maximum atomic E-state index is 13.5. The Labute approximate surface area is 182 Å². The molecule has 162 valence electrons. The molecule has 0 aliphatic carbocycles. The van der Waals surface area contributed by atoms with Crippen molar-refractivity contribution >= 4 is 38.2 Å². The molecule has 0 radical (unpaired) electrons. The summed E-state index contributed by atoms with van der Waals surface area (Å²) >= 11 is 0. The predicted molar refractivity (Wildman–Crippen MR) is 122 cm³/mol. The predicted octanol–water partition coefficient (Wildman–Crippen LogP) is 2.59. The molecule has 1 saturated heterocycles. The van der Waals surface area contributed by atoms with E-state index in [1.807, 2.05) is 18.2 Å². The van der Waals surface area contributed by atoms with Gasteiger partial charge in [-0.25, -0.2) is 12.4 Å². The molecule has 0 atom stereocenters. The monoisotopic (exact) mass is 438 g/mol. The molecule has 3 aromatic rings. The van der Waals surface area contributed by atoms with Crippen molar-refractivity contribution in [1.82, 2.24) is 9.29 Å². The smallest absolute Gasteiger partial charge is 0.268 e. The fourth-order valence-corrected chi connectivity index (χ4v) is 5.98. The van der Waals surface area contributed by atoms with Gasteiger partial charge in [0.15, 0.2) is 0 Å². The first-order valence-electron chi connectivity index (χ1n) is 10.7. The maximum absolute atomic E-state index is 13.5. The number of carbonyl (C=O) groups excluding carboxylic acids is 1. The second-order valence-corrected chi connectivity index (χ2v) is 9.98. The number of nitrogens with one attached hydrogen (secondary N) is 1. The summed E-state index contributed by atoms with van der Waals surface area (Å²) in [6, 6.07) is 12.9. The molecule has 1 N–H and O–H groups in total. The number of hydrogen-bond acceptors (Lipinski definition) is 5. The van der Waals surface area contributed by atoms with Crippen LogP contribution in [0.1, 0.15) is 18.9 Å². The summed E-state index contributed by atoms with van der Waals surface area (Å²) in [5, 5.41) is 4.29. The van der Waals surface area contributed by atoms with Crippen LogP contribution in [-0.4, -0.2) is 51.0 Å². The van der Waals surface area contributed by atoms with Crippen LogP contribution in [0.25, 0.3) is 10.9 Å². The second-order valence-electron chi connectivity index (χ2n) is 8.16. The van der Waals surface area contributed by atoms with Gasteiger partial charge in [-0.3, -0.25) is 4.79 Å². The minimum absolute atomic E-state index is 0.0259. The third kappa shape index (κ3) is 3.49. The molecule has 0 bridgehead atoms. The Morgan fingerprint density at radius 3 is 2.71 bits per heavy atom. The van der Waals surface area contributed by atoms with Crippen molar-refractivity contribution in [2.75, 3.05) is 42.5 Å². The first kappa shape index (κ1) is 20.1. The van der Waals surface area contributed by atoms with Gasteiger partial charge < -0.3 is 15.1 Å². The van der Waals surface area contributed by atoms with Crippen LogP contribution in [0, 0.1) is 0 Å². The van der Waals surface area contributed by atoms with Gasteiger partial charge in [0.25, 0.3) is 10.0 Å². The fraction of sp³-hybridized carbons (Fsp3) is 0.348. The molecule has 3 heterocycles. The molecule has 1 fully saturated rings. The van der Waals surface area contributed by atoms with Crippen molar-refractivity contribution in [2.24, 2.45) is 0 Å². The molecular formula is C23H26N4O3S. The van der Waals surface area contributed by atoms with E-state index in [1.165, 1.54) is 10.9 Å². The van der Waals surface area contributed by atoms with Crippen molar-refractivity contribution in [3.63, 3.8) is 0 Å². The van der Waals surface area contributed by atoms with Crippen LogP contribution in [0.15, 0.2) is 53.6 Å². The zero-order valence-corrected chi connectivity index (χ0v) is 18.4. The van der Waals surface area contributed by atoms with Crippen molar-refractivity contribution in [3.05, 3.63) is 54.2 Å². The Morgan fingerprint density at radius 1 is 1.00 bits per heavy atom. The standard InChI is InChI=1S/C23H26N4O3S/c1-17(28)26-12-7-19-15-21(5-6-22(19)26)31(29,30)27-13-8-18-3-4-20(16-23(18)27)25-11-2-9-24-10-14-25/h3-6,8,13,15-16,24H,2,7,9-12,14H2,1H3. The Morgan fingerprint density at radius 2 is 1.87 bits per heavy atom. The lowest BCUT2D eigenvalue weighted by molar-refractivity contribution is -0.116. The minimum atomic E-state index is -3.75. The topological polar surface area (TPSA) is 74.7 Å². The van der Waals surface area contributed by atoms with Gasteiger partial charge in [0.05, 0.1) is 10.4 Å². The largest absolute Gasteiger partial charge is 0.370 e. The van der Waals surface area contributed by atoms with Crippen LogP contribution in [0.4, 0.5) is 11.4 Å². The number of rotatable bonds is 3. The zero-order valence-electron chi connectivity index (χ0n) is 17.5. The highest BCUT2D eigenvalue weighted by molar-refractivity contribution is 7.90. The van der Waals surface area contributed by atoms with Gasteiger partial charge in [0, 0.05) is 56.1 Å². The first-order valence-corrected chi connectivity index (χ1v) is 12.1. The number of aromatic nitrogens is 1. The van der Waals surface area contributed by atoms with E-state index in [-0.39, 0.29) is 10.8 Å². The molecule has 2 aromatic carbocycles. The molecule has 1 amide bonds. The van der Waals surface area contributed by atoms with Gasteiger partial charge in [-0.15, -0.1) is 0 Å². The van der Waals surface area contributed by atoms with E-state index in [0.717, 1.165) is 54.9 Å². The van der Waals surface area contributed by atoms with Gasteiger partial charge in [-0.2, -0.15) is 0 Å². The molecule has 2 aliphatic rings. The lowest BCUT2D eigenvalue weighted by atomic mass is 10.2. The van der Waals surface area contributed by atoms with Crippen molar-refractivity contribution in [3.8, 4) is 0 Å². The summed E-state index contributed by atoms with van der Waals surface area (Å²) in [6.07, 6.45) is 3.35. The third-order valence-corrected chi connectivity index (χ3v) is 7.92. The molecule has 0 saturated carbocycles. The summed E-state index contributed by atoms with van der Waals surface area (Å²) in [5.41, 5.74) is 3.42. The van der Waals surface area contributed by atoms with E-state index in [2.05, 4.69) is 16.3 Å². The Hall–Kier alpha value is -2.84. The normalized spacial score (nSPS) is 17.1. The maximum Gasteiger partial charge on any atom is 0.268 e. The minimum Gasteiger partial charge on any atom is -0.370 e. The molecule has 31 heavy (non-hydrogen) atoms. The van der Waals surface area contributed by atoms with E-state index in [4.69, 9.17) is 0 Å². The SMILES string of the molecule is CC(=O)N1CCc2cc(S(=O)(=O)n3ccc4ccc(N5CCCNCC5)cc43)ccc21. The molecule has 0 unspecified atom stereocenters. The number of anilines is 2. The molecule has 2 aliphatic heterocycles. The number of amides is 1. The molecule has 0 spiro atoms. The molecule has 5 rings (SSSR count). The first-order chi connectivity index (χ1) is 14.9. The van der Waals surface area contributed by atoms with Crippen LogP contribution in [0.5, 0.6) is 0 Å². The Kier molecular flexibility index (Phi) is 4.98. The van der Waals surface area contributed by atoms with E-state index in [1.54, 1.807) is 29.3 Å². The summed E-state index contributed by atoms with van der Waals surface area (Å²) in [5.74, 6) is -0.0259. The fourth-order valence-electron chi connectivity index (χ4n) is 4.58.